The second kappa shape index (κ2) is 7.50. The van der Waals surface area contributed by atoms with E-state index >= 15 is 0 Å². The lowest BCUT2D eigenvalue weighted by atomic mass is 9.79. The third-order valence-electron chi connectivity index (χ3n) is 3.71. The molecule has 0 saturated carbocycles. The summed E-state index contributed by atoms with van der Waals surface area (Å²) in [5, 5.41) is 3.27. The van der Waals surface area contributed by atoms with Gasteiger partial charge in [0.05, 0.1) is 0 Å². The molecule has 0 unspecified atom stereocenters. The topological polar surface area (TPSA) is 0 Å². The van der Waals surface area contributed by atoms with Crippen molar-refractivity contribution < 1.29 is 0 Å². The third kappa shape index (κ3) is 4.04. The van der Waals surface area contributed by atoms with Gasteiger partial charge < -0.3 is 0 Å². The normalized spacial score (nSPS) is 11.7. The molecule has 0 aliphatic heterocycles. The van der Waals surface area contributed by atoms with E-state index in [1.54, 1.807) is 0 Å². The molecule has 21 heavy (non-hydrogen) atoms. The quantitative estimate of drug-likeness (QED) is 0.452. The van der Waals surface area contributed by atoms with Crippen molar-refractivity contribution >= 4 is 55.1 Å². The Morgan fingerprint density at radius 2 is 1.57 bits per heavy atom. The molecular weight excluding hydrogens is 435 g/mol. The summed E-state index contributed by atoms with van der Waals surface area (Å²) in [5.41, 5.74) is 3.54. The van der Waals surface area contributed by atoms with Crippen molar-refractivity contribution in [3.63, 3.8) is 0 Å². The monoisotopic (exact) mass is 448 g/mol. The SMILES string of the molecule is Cc1ccc(CC(CBr)(CBr)c2ccc(Cl)cc2)c(Cl)c1. The molecule has 0 fully saturated rings. The van der Waals surface area contributed by atoms with Crippen LogP contribution in [0.4, 0.5) is 0 Å². The van der Waals surface area contributed by atoms with Crippen LogP contribution < -0.4 is 0 Å². The molecule has 0 aliphatic rings. The number of rotatable bonds is 5. The minimum absolute atomic E-state index is 0.0521. The van der Waals surface area contributed by atoms with Crippen LogP contribution in [0.25, 0.3) is 0 Å². The molecule has 112 valence electrons. The van der Waals surface area contributed by atoms with E-state index < -0.39 is 0 Å². The number of benzene rings is 2. The molecule has 0 heterocycles. The van der Waals surface area contributed by atoms with Gasteiger partial charge in [-0.15, -0.1) is 0 Å². The molecule has 2 aromatic carbocycles. The van der Waals surface area contributed by atoms with Crippen molar-refractivity contribution in [2.24, 2.45) is 0 Å². The van der Waals surface area contributed by atoms with Crippen molar-refractivity contribution in [3.8, 4) is 0 Å². The van der Waals surface area contributed by atoms with Crippen LogP contribution in [0.2, 0.25) is 10.0 Å². The van der Waals surface area contributed by atoms with Crippen molar-refractivity contribution in [2.75, 3.05) is 10.7 Å². The van der Waals surface area contributed by atoms with Crippen molar-refractivity contribution in [2.45, 2.75) is 18.8 Å². The first kappa shape index (κ1) is 17.3. The van der Waals surface area contributed by atoms with Gasteiger partial charge in [0.2, 0.25) is 0 Å². The third-order valence-corrected chi connectivity index (χ3v) is 6.46. The van der Waals surface area contributed by atoms with E-state index in [4.69, 9.17) is 23.2 Å². The van der Waals surface area contributed by atoms with Crippen molar-refractivity contribution in [1.82, 2.24) is 0 Å². The lowest BCUT2D eigenvalue weighted by Crippen LogP contribution is -2.33. The van der Waals surface area contributed by atoms with Crippen LogP contribution in [0.15, 0.2) is 42.5 Å². The first-order valence-corrected chi connectivity index (χ1v) is 9.63. The second-order valence-electron chi connectivity index (χ2n) is 5.33. The average molecular weight is 451 g/mol. The zero-order chi connectivity index (χ0) is 15.5. The van der Waals surface area contributed by atoms with Gasteiger partial charge in [0.25, 0.3) is 0 Å². The summed E-state index contributed by atoms with van der Waals surface area (Å²) in [6, 6.07) is 14.3. The number of aryl methyl sites for hydroxylation is 1. The Morgan fingerprint density at radius 3 is 2.10 bits per heavy atom. The summed E-state index contributed by atoms with van der Waals surface area (Å²) >= 11 is 19.8. The summed E-state index contributed by atoms with van der Waals surface area (Å²) in [6.45, 7) is 2.05. The highest BCUT2D eigenvalue weighted by atomic mass is 79.9. The zero-order valence-corrected chi connectivity index (χ0v) is 16.4. The van der Waals surface area contributed by atoms with E-state index in [2.05, 4.69) is 63.0 Å². The number of halogens is 4. The Kier molecular flexibility index (Phi) is 6.19. The lowest BCUT2D eigenvalue weighted by molar-refractivity contribution is 0.551. The fraction of sp³-hybridized carbons (Fsp3) is 0.294. The molecule has 0 bridgehead atoms. The van der Waals surface area contributed by atoms with Gasteiger partial charge in [0.1, 0.15) is 0 Å². The van der Waals surface area contributed by atoms with Crippen molar-refractivity contribution in [3.05, 3.63) is 69.2 Å². The van der Waals surface area contributed by atoms with Crippen LogP contribution in [-0.4, -0.2) is 10.7 Å². The highest BCUT2D eigenvalue weighted by Crippen LogP contribution is 2.35. The Bertz CT molecular complexity index is 605. The zero-order valence-electron chi connectivity index (χ0n) is 11.7. The van der Waals surface area contributed by atoms with E-state index in [1.165, 1.54) is 11.1 Å². The van der Waals surface area contributed by atoms with E-state index in [0.717, 1.165) is 32.7 Å². The fourth-order valence-corrected chi connectivity index (χ4v) is 4.75. The Labute approximate surface area is 153 Å². The average Bonchev–Trinajstić information content (AvgIpc) is 2.48. The minimum atomic E-state index is -0.0521. The van der Waals surface area contributed by atoms with Crippen LogP contribution in [0.5, 0.6) is 0 Å². The van der Waals surface area contributed by atoms with Crippen LogP contribution in [-0.2, 0) is 11.8 Å². The summed E-state index contributed by atoms with van der Waals surface area (Å²) < 4.78 is 0. The second-order valence-corrected chi connectivity index (χ2v) is 7.29. The van der Waals surface area contributed by atoms with Crippen LogP contribution >= 0.6 is 55.1 Å². The number of alkyl halides is 2. The molecule has 2 aromatic rings. The van der Waals surface area contributed by atoms with Gasteiger partial charge in [-0.1, -0.05) is 79.3 Å². The predicted octanol–water partition coefficient (Wildman–Crippen LogP) is 6.57. The Balaban J connectivity index is 2.40. The Morgan fingerprint density at radius 1 is 0.952 bits per heavy atom. The maximum Gasteiger partial charge on any atom is 0.0440 e. The minimum Gasteiger partial charge on any atom is -0.0918 e. The molecule has 0 radical (unpaired) electrons. The fourth-order valence-electron chi connectivity index (χ4n) is 2.35. The number of hydrogen-bond donors (Lipinski definition) is 0. The maximum absolute atomic E-state index is 6.41. The summed E-state index contributed by atoms with van der Waals surface area (Å²) in [6.07, 6.45) is 0.865. The van der Waals surface area contributed by atoms with E-state index in [9.17, 15) is 0 Å². The molecule has 0 aliphatic carbocycles. The summed E-state index contributed by atoms with van der Waals surface area (Å²) in [7, 11) is 0. The standard InChI is InChI=1S/C17H16Br2Cl2/c1-12-2-3-13(16(21)8-12)9-17(10-18,11-19)14-4-6-15(20)7-5-14/h2-8H,9-11H2,1H3. The predicted molar refractivity (Wildman–Crippen MR) is 101 cm³/mol. The van der Waals surface area contributed by atoms with Crippen LogP contribution in [0.1, 0.15) is 16.7 Å². The molecule has 0 atom stereocenters. The molecule has 4 heteroatoms. The molecule has 0 amide bonds. The van der Waals surface area contributed by atoms with Crippen LogP contribution in [0.3, 0.4) is 0 Å². The lowest BCUT2D eigenvalue weighted by Gasteiger charge is -2.31. The molecule has 0 spiro atoms. The van der Waals surface area contributed by atoms with E-state index in [-0.39, 0.29) is 5.41 Å². The van der Waals surface area contributed by atoms with Gasteiger partial charge in [-0.25, -0.2) is 0 Å². The smallest absolute Gasteiger partial charge is 0.0440 e. The maximum atomic E-state index is 6.41. The van der Waals surface area contributed by atoms with Crippen molar-refractivity contribution in [1.29, 1.82) is 0 Å². The molecule has 0 N–H and O–H groups in total. The van der Waals surface area contributed by atoms with Gasteiger partial charge in [-0.2, -0.15) is 0 Å². The highest BCUT2D eigenvalue weighted by molar-refractivity contribution is 9.09. The molecule has 0 saturated heterocycles. The molecular formula is C17H16Br2Cl2. The van der Waals surface area contributed by atoms with E-state index in [0.29, 0.717) is 0 Å². The van der Waals surface area contributed by atoms with Crippen LogP contribution in [0, 0.1) is 6.92 Å². The van der Waals surface area contributed by atoms with Gasteiger partial charge in [0.15, 0.2) is 0 Å². The number of hydrogen-bond acceptors (Lipinski definition) is 0. The summed E-state index contributed by atoms with van der Waals surface area (Å²) in [4.78, 5) is 0. The van der Waals surface area contributed by atoms with Gasteiger partial charge >= 0.3 is 0 Å². The first-order chi connectivity index (χ1) is 10.0. The molecule has 0 nitrogen and oxygen atoms in total. The molecule has 2 rings (SSSR count). The largest absolute Gasteiger partial charge is 0.0918 e. The van der Waals surface area contributed by atoms with Gasteiger partial charge in [-0.05, 0) is 48.2 Å². The molecule has 0 aromatic heterocycles. The first-order valence-electron chi connectivity index (χ1n) is 6.64. The van der Waals surface area contributed by atoms with E-state index in [1.807, 2.05) is 18.2 Å². The summed E-state index contributed by atoms with van der Waals surface area (Å²) in [5.74, 6) is 0. The highest BCUT2D eigenvalue weighted by Gasteiger charge is 2.31. The van der Waals surface area contributed by atoms with Gasteiger partial charge in [0, 0.05) is 26.1 Å². The Hall–Kier alpha value is -0.0200. The van der Waals surface area contributed by atoms with Gasteiger partial charge in [-0.3, -0.25) is 0 Å².